The maximum Gasteiger partial charge on any atom is 0.356 e. The Labute approximate surface area is 176 Å². The molecule has 9 nitrogen and oxygen atoms in total. The van der Waals surface area contributed by atoms with E-state index in [1.807, 2.05) is 18.2 Å². The molecule has 1 heterocycles. The third kappa shape index (κ3) is 4.95. The number of allylic oxidation sites excluding steroid dienone is 2. The lowest BCUT2D eigenvalue weighted by molar-refractivity contribution is 0.0591. The fourth-order valence-electron chi connectivity index (χ4n) is 2.78. The van der Waals surface area contributed by atoms with E-state index in [2.05, 4.69) is 25.6 Å². The highest BCUT2D eigenvalue weighted by Crippen LogP contribution is 2.30. The molecule has 0 saturated heterocycles. The Hall–Kier alpha value is -3.40. The number of benzene rings is 1. The van der Waals surface area contributed by atoms with Gasteiger partial charge in [0.15, 0.2) is 5.69 Å². The number of para-hydroxylation sites is 1. The number of hydrogen-bond acceptors (Lipinski definition) is 7. The van der Waals surface area contributed by atoms with Crippen LogP contribution < -0.4 is 10.6 Å². The second kappa shape index (κ2) is 9.88. The van der Waals surface area contributed by atoms with Gasteiger partial charge in [-0.05, 0) is 30.7 Å². The molecule has 0 fully saturated rings. The minimum absolute atomic E-state index is 0.0453. The zero-order valence-corrected chi connectivity index (χ0v) is 17.0. The van der Waals surface area contributed by atoms with Gasteiger partial charge in [-0.1, -0.05) is 18.2 Å². The van der Waals surface area contributed by atoms with Crippen LogP contribution in [0.2, 0.25) is 0 Å². The lowest BCUT2D eigenvalue weighted by atomic mass is 9.99. The Kier molecular flexibility index (Phi) is 7.02. The summed E-state index contributed by atoms with van der Waals surface area (Å²) in [6, 6.07) is 8.84. The zero-order chi connectivity index (χ0) is 21.5. The van der Waals surface area contributed by atoms with E-state index in [4.69, 9.17) is 0 Å². The van der Waals surface area contributed by atoms with Gasteiger partial charge in [-0.25, -0.2) is 9.59 Å². The number of H-pyrrole nitrogens is 1. The fraction of sp³-hybridized carbons (Fsp3) is 0.250. The molecule has 0 unspecified atom stereocenters. The van der Waals surface area contributed by atoms with Gasteiger partial charge in [0, 0.05) is 18.3 Å². The first-order valence-corrected chi connectivity index (χ1v) is 10.2. The molecule has 30 heavy (non-hydrogen) atoms. The van der Waals surface area contributed by atoms with Gasteiger partial charge in [-0.3, -0.25) is 14.7 Å². The molecule has 0 radical (unpaired) electrons. The van der Waals surface area contributed by atoms with E-state index in [1.54, 1.807) is 12.1 Å². The molecule has 1 aromatic heterocycles. The van der Waals surface area contributed by atoms with E-state index in [1.165, 1.54) is 24.9 Å². The number of aromatic amines is 1. The predicted octanol–water partition coefficient (Wildman–Crippen LogP) is 2.79. The third-order valence-corrected chi connectivity index (χ3v) is 5.36. The van der Waals surface area contributed by atoms with Gasteiger partial charge >= 0.3 is 12.0 Å². The highest BCUT2D eigenvalue weighted by atomic mass is 32.2. The van der Waals surface area contributed by atoms with Crippen LogP contribution in [-0.2, 0) is 4.74 Å². The molecular formula is C20H20N4O5S. The standard InChI is InChI=1S/C20H20N4O5S/c1-29-19(27)17-15-16(23-24-17)13(25)11-14(18(15)26)30-10-6-5-9-21-20(28)22-12-7-3-2-4-8-12/h2-4,7-8,11H,5-6,9-10H2,1H3,(H,23,24)(H2,21,22,28). The van der Waals surface area contributed by atoms with Crippen molar-refractivity contribution < 1.29 is 23.9 Å². The quantitative estimate of drug-likeness (QED) is 0.435. The number of Topliss-reactive ketones (excluding diaryl/α,β-unsaturated/α-hetero) is 1. The summed E-state index contributed by atoms with van der Waals surface area (Å²) in [6.07, 6.45) is 2.66. The van der Waals surface area contributed by atoms with Gasteiger partial charge in [0.05, 0.1) is 17.6 Å². The first-order valence-electron chi connectivity index (χ1n) is 9.21. The lowest BCUT2D eigenvalue weighted by Gasteiger charge is -2.11. The number of rotatable bonds is 8. The number of anilines is 1. The van der Waals surface area contributed by atoms with Crippen molar-refractivity contribution in [1.29, 1.82) is 0 Å². The first kappa shape index (κ1) is 21.3. The fourth-order valence-corrected chi connectivity index (χ4v) is 3.77. The van der Waals surface area contributed by atoms with E-state index in [-0.39, 0.29) is 27.9 Å². The highest BCUT2D eigenvalue weighted by molar-refractivity contribution is 8.04. The average Bonchev–Trinajstić information content (AvgIpc) is 3.20. The van der Waals surface area contributed by atoms with Crippen molar-refractivity contribution in [1.82, 2.24) is 15.5 Å². The second-order valence-corrected chi connectivity index (χ2v) is 7.46. The Morgan fingerprint density at radius 2 is 1.93 bits per heavy atom. The minimum atomic E-state index is -0.754. The van der Waals surface area contributed by atoms with Gasteiger partial charge in [0.25, 0.3) is 0 Å². The molecule has 156 valence electrons. The van der Waals surface area contributed by atoms with Crippen molar-refractivity contribution in [2.75, 3.05) is 24.7 Å². The first-order chi connectivity index (χ1) is 14.5. The molecule has 10 heteroatoms. The Balaban J connectivity index is 1.44. The average molecular weight is 428 g/mol. The lowest BCUT2D eigenvalue weighted by Crippen LogP contribution is -2.29. The van der Waals surface area contributed by atoms with E-state index >= 15 is 0 Å². The van der Waals surface area contributed by atoms with Crippen molar-refractivity contribution in [3.05, 3.63) is 58.3 Å². The SMILES string of the molecule is COC(=O)c1[nH]nc2c1C(=O)C(SCCCCNC(=O)Nc1ccccc1)=CC2=O. The summed E-state index contributed by atoms with van der Waals surface area (Å²) >= 11 is 1.23. The summed E-state index contributed by atoms with van der Waals surface area (Å²) < 4.78 is 4.62. The summed E-state index contributed by atoms with van der Waals surface area (Å²) in [6.45, 7) is 0.476. The number of urea groups is 1. The number of nitrogens with zero attached hydrogens (tertiary/aromatic N) is 1. The summed E-state index contributed by atoms with van der Waals surface area (Å²) in [5.74, 6) is -1.04. The van der Waals surface area contributed by atoms with E-state index in [0.717, 1.165) is 6.42 Å². The van der Waals surface area contributed by atoms with Crippen LogP contribution in [0.1, 0.15) is 44.2 Å². The number of methoxy groups -OCH3 is 1. The van der Waals surface area contributed by atoms with Crippen LogP contribution in [0.25, 0.3) is 0 Å². The number of amides is 2. The molecule has 3 N–H and O–H groups in total. The van der Waals surface area contributed by atoms with Crippen molar-refractivity contribution in [2.45, 2.75) is 12.8 Å². The molecule has 0 aliphatic heterocycles. The van der Waals surface area contributed by atoms with Gasteiger partial charge in [0.1, 0.15) is 5.69 Å². The number of thioether (sulfide) groups is 1. The van der Waals surface area contributed by atoms with Crippen LogP contribution in [0.15, 0.2) is 41.3 Å². The van der Waals surface area contributed by atoms with Crippen molar-refractivity contribution in [3.8, 4) is 0 Å². The zero-order valence-electron chi connectivity index (χ0n) is 16.2. The largest absolute Gasteiger partial charge is 0.464 e. The molecule has 0 saturated carbocycles. The van der Waals surface area contributed by atoms with Gasteiger partial charge < -0.3 is 15.4 Å². The smallest absolute Gasteiger partial charge is 0.356 e. The van der Waals surface area contributed by atoms with Crippen LogP contribution >= 0.6 is 11.8 Å². The molecule has 0 atom stereocenters. The molecule has 1 aromatic carbocycles. The van der Waals surface area contributed by atoms with E-state index < -0.39 is 17.5 Å². The van der Waals surface area contributed by atoms with Crippen LogP contribution in [0, 0.1) is 0 Å². The Morgan fingerprint density at radius 1 is 1.17 bits per heavy atom. The Bertz CT molecular complexity index is 1000. The maximum atomic E-state index is 12.7. The molecule has 0 bridgehead atoms. The van der Waals surface area contributed by atoms with Gasteiger partial charge in [-0.15, -0.1) is 11.8 Å². The number of hydrogen-bond donors (Lipinski definition) is 3. The van der Waals surface area contributed by atoms with Crippen LogP contribution in [0.3, 0.4) is 0 Å². The number of fused-ring (bicyclic) bond motifs is 1. The summed E-state index contributed by atoms with van der Waals surface area (Å²) in [7, 11) is 1.18. The molecule has 0 spiro atoms. The predicted molar refractivity (Wildman–Crippen MR) is 112 cm³/mol. The maximum absolute atomic E-state index is 12.7. The molecule has 1 aliphatic rings. The van der Waals surface area contributed by atoms with Crippen molar-refractivity contribution in [3.63, 3.8) is 0 Å². The number of unbranched alkanes of at least 4 members (excludes halogenated alkanes) is 1. The number of ketones is 2. The summed E-state index contributed by atoms with van der Waals surface area (Å²) in [4.78, 5) is 48.7. The number of ether oxygens (including phenoxy) is 1. The Morgan fingerprint density at radius 3 is 2.67 bits per heavy atom. The third-order valence-electron chi connectivity index (χ3n) is 4.25. The van der Waals surface area contributed by atoms with Crippen molar-refractivity contribution >= 4 is 41.0 Å². The van der Waals surface area contributed by atoms with Gasteiger partial charge in [-0.2, -0.15) is 5.10 Å². The number of nitrogens with one attached hydrogen (secondary N) is 3. The van der Waals surface area contributed by atoms with Crippen LogP contribution in [0.5, 0.6) is 0 Å². The summed E-state index contributed by atoms with van der Waals surface area (Å²) in [5, 5.41) is 11.7. The van der Waals surface area contributed by atoms with Crippen LogP contribution in [-0.4, -0.2) is 53.2 Å². The topological polar surface area (TPSA) is 130 Å². The second-order valence-electron chi connectivity index (χ2n) is 6.32. The monoisotopic (exact) mass is 428 g/mol. The molecule has 2 amide bonds. The van der Waals surface area contributed by atoms with Gasteiger partial charge in [0.2, 0.25) is 11.6 Å². The molecule has 2 aromatic rings. The minimum Gasteiger partial charge on any atom is -0.464 e. The number of carbonyl (C=O) groups is 4. The van der Waals surface area contributed by atoms with E-state index in [0.29, 0.717) is 24.4 Å². The molecular weight excluding hydrogens is 408 g/mol. The highest BCUT2D eigenvalue weighted by Gasteiger charge is 2.34. The number of carbonyl (C=O) groups excluding carboxylic acids is 4. The summed E-state index contributed by atoms with van der Waals surface area (Å²) in [5.41, 5.74) is 0.475. The molecule has 1 aliphatic carbocycles. The van der Waals surface area contributed by atoms with E-state index in [9.17, 15) is 19.2 Å². The molecule has 3 rings (SSSR count). The number of esters is 1. The van der Waals surface area contributed by atoms with Crippen LogP contribution in [0.4, 0.5) is 10.5 Å². The normalized spacial score (nSPS) is 12.8. The van der Waals surface area contributed by atoms with Crippen molar-refractivity contribution in [2.24, 2.45) is 0 Å². The number of aromatic nitrogens is 2.